The van der Waals surface area contributed by atoms with E-state index in [2.05, 4.69) is 5.32 Å². The Morgan fingerprint density at radius 3 is 2.65 bits per heavy atom. The zero-order valence-electron chi connectivity index (χ0n) is 13.2. The molecule has 0 aromatic heterocycles. The van der Waals surface area contributed by atoms with E-state index in [1.807, 2.05) is 6.92 Å². The highest BCUT2D eigenvalue weighted by atomic mass is 32.2. The van der Waals surface area contributed by atoms with Crippen molar-refractivity contribution < 1.29 is 17.9 Å². The number of nitrogens with two attached hydrogens (primary N) is 1. The second kappa shape index (κ2) is 7.87. The third kappa shape index (κ3) is 4.08. The van der Waals surface area contributed by atoms with E-state index in [0.29, 0.717) is 56.9 Å². The van der Waals surface area contributed by atoms with Crippen molar-refractivity contribution in [2.24, 2.45) is 5.73 Å². The molecule has 128 valence electrons. The Labute approximate surface area is 136 Å². The van der Waals surface area contributed by atoms with Crippen LogP contribution >= 0.6 is 0 Å². The van der Waals surface area contributed by atoms with Gasteiger partial charge in [0.05, 0.1) is 18.1 Å². The SMILES string of the molecule is CCc1ccc(C(=O)NCCN)cc1S(=O)(=O)N1CCOCC1. The maximum Gasteiger partial charge on any atom is 0.251 e. The zero-order chi connectivity index (χ0) is 16.9. The summed E-state index contributed by atoms with van der Waals surface area (Å²) >= 11 is 0. The normalized spacial score (nSPS) is 16.3. The lowest BCUT2D eigenvalue weighted by molar-refractivity contribution is 0.0730. The number of rotatable bonds is 6. The maximum absolute atomic E-state index is 12.9. The molecule has 1 aliphatic heterocycles. The van der Waals surface area contributed by atoms with Gasteiger partial charge in [0.1, 0.15) is 0 Å². The van der Waals surface area contributed by atoms with E-state index < -0.39 is 10.0 Å². The van der Waals surface area contributed by atoms with E-state index in [1.54, 1.807) is 12.1 Å². The van der Waals surface area contributed by atoms with Crippen molar-refractivity contribution in [3.8, 4) is 0 Å². The lowest BCUT2D eigenvalue weighted by atomic mass is 10.1. The third-order valence-electron chi connectivity index (χ3n) is 3.73. The molecule has 0 bridgehead atoms. The molecule has 7 nitrogen and oxygen atoms in total. The highest BCUT2D eigenvalue weighted by molar-refractivity contribution is 7.89. The van der Waals surface area contributed by atoms with Crippen LogP contribution in [0.3, 0.4) is 0 Å². The van der Waals surface area contributed by atoms with Crippen LogP contribution in [0.2, 0.25) is 0 Å². The average Bonchev–Trinajstić information content (AvgIpc) is 2.59. The zero-order valence-corrected chi connectivity index (χ0v) is 14.1. The van der Waals surface area contributed by atoms with E-state index in [1.165, 1.54) is 10.4 Å². The molecule has 1 saturated heterocycles. The molecule has 1 fully saturated rings. The van der Waals surface area contributed by atoms with Gasteiger partial charge in [-0.3, -0.25) is 4.79 Å². The fraction of sp³-hybridized carbons (Fsp3) is 0.533. The molecule has 1 aliphatic rings. The standard InChI is InChI=1S/C15H23N3O4S/c1-2-12-3-4-13(15(19)17-6-5-16)11-14(12)23(20,21)18-7-9-22-10-8-18/h3-4,11H,2,5-10,16H2,1H3,(H,17,19). The average molecular weight is 341 g/mol. The first-order valence-corrected chi connectivity index (χ1v) is 9.13. The molecule has 2 rings (SSSR count). The number of nitrogens with one attached hydrogen (secondary N) is 1. The van der Waals surface area contributed by atoms with Crippen LogP contribution in [0.15, 0.2) is 23.1 Å². The number of carbonyl (C=O) groups excluding carboxylic acids is 1. The quantitative estimate of drug-likeness (QED) is 0.756. The molecule has 0 aliphatic carbocycles. The second-order valence-electron chi connectivity index (χ2n) is 5.24. The van der Waals surface area contributed by atoms with E-state index in [-0.39, 0.29) is 10.8 Å². The van der Waals surface area contributed by atoms with Gasteiger partial charge >= 0.3 is 0 Å². The van der Waals surface area contributed by atoms with Crippen LogP contribution in [0.4, 0.5) is 0 Å². The summed E-state index contributed by atoms with van der Waals surface area (Å²) in [7, 11) is -3.63. The summed E-state index contributed by atoms with van der Waals surface area (Å²) in [6.45, 7) is 4.00. The summed E-state index contributed by atoms with van der Waals surface area (Å²) in [4.78, 5) is 12.3. The Morgan fingerprint density at radius 1 is 1.35 bits per heavy atom. The molecule has 0 saturated carbocycles. The van der Waals surface area contributed by atoms with Gasteiger partial charge in [0.2, 0.25) is 10.0 Å². The summed E-state index contributed by atoms with van der Waals surface area (Å²) in [6.07, 6.45) is 0.573. The number of nitrogens with zero attached hydrogens (tertiary/aromatic N) is 1. The van der Waals surface area contributed by atoms with Crippen molar-refractivity contribution in [3.63, 3.8) is 0 Å². The molecule has 3 N–H and O–H groups in total. The summed E-state index contributed by atoms with van der Waals surface area (Å²) in [5.41, 5.74) is 6.39. The first kappa shape index (κ1) is 17.9. The molecular weight excluding hydrogens is 318 g/mol. The topological polar surface area (TPSA) is 102 Å². The molecule has 23 heavy (non-hydrogen) atoms. The van der Waals surface area contributed by atoms with Gasteiger partial charge in [-0.1, -0.05) is 13.0 Å². The number of morpholine rings is 1. The number of hydrogen-bond donors (Lipinski definition) is 2. The van der Waals surface area contributed by atoms with Crippen molar-refractivity contribution in [3.05, 3.63) is 29.3 Å². The smallest absolute Gasteiger partial charge is 0.251 e. The first-order valence-electron chi connectivity index (χ1n) is 7.69. The molecule has 1 heterocycles. The maximum atomic E-state index is 12.9. The van der Waals surface area contributed by atoms with Gasteiger partial charge in [-0.15, -0.1) is 0 Å². The van der Waals surface area contributed by atoms with Crippen LogP contribution in [0.5, 0.6) is 0 Å². The Morgan fingerprint density at radius 2 is 2.04 bits per heavy atom. The van der Waals surface area contributed by atoms with E-state index in [9.17, 15) is 13.2 Å². The molecule has 0 radical (unpaired) electrons. The van der Waals surface area contributed by atoms with Gasteiger partial charge in [0.25, 0.3) is 5.91 Å². The van der Waals surface area contributed by atoms with Crippen LogP contribution < -0.4 is 11.1 Å². The van der Waals surface area contributed by atoms with Crippen molar-refractivity contribution in [1.82, 2.24) is 9.62 Å². The molecule has 0 atom stereocenters. The van der Waals surface area contributed by atoms with E-state index in [4.69, 9.17) is 10.5 Å². The predicted molar refractivity (Wildman–Crippen MR) is 86.8 cm³/mol. The monoisotopic (exact) mass is 341 g/mol. The largest absolute Gasteiger partial charge is 0.379 e. The fourth-order valence-electron chi connectivity index (χ4n) is 2.44. The minimum Gasteiger partial charge on any atom is -0.379 e. The minimum absolute atomic E-state index is 0.197. The number of carbonyl (C=O) groups is 1. The van der Waals surface area contributed by atoms with Gasteiger partial charge in [0, 0.05) is 31.7 Å². The van der Waals surface area contributed by atoms with Crippen molar-refractivity contribution in [2.75, 3.05) is 39.4 Å². The number of amides is 1. The van der Waals surface area contributed by atoms with Crippen LogP contribution in [0.1, 0.15) is 22.8 Å². The molecule has 0 spiro atoms. The van der Waals surface area contributed by atoms with Gasteiger partial charge in [0.15, 0.2) is 0 Å². The predicted octanol–water partition coefficient (Wildman–Crippen LogP) is -0.0416. The Balaban J connectivity index is 2.36. The fourth-order valence-corrected chi connectivity index (χ4v) is 4.17. The van der Waals surface area contributed by atoms with Crippen molar-refractivity contribution in [1.29, 1.82) is 0 Å². The second-order valence-corrected chi connectivity index (χ2v) is 7.14. The van der Waals surface area contributed by atoms with Gasteiger partial charge in [-0.2, -0.15) is 4.31 Å². The Kier molecular flexibility index (Phi) is 6.11. The summed E-state index contributed by atoms with van der Waals surface area (Å²) in [5.74, 6) is -0.323. The number of hydrogen-bond acceptors (Lipinski definition) is 5. The van der Waals surface area contributed by atoms with Crippen molar-refractivity contribution in [2.45, 2.75) is 18.2 Å². The minimum atomic E-state index is -3.63. The van der Waals surface area contributed by atoms with Crippen molar-refractivity contribution >= 4 is 15.9 Å². The lowest BCUT2D eigenvalue weighted by Crippen LogP contribution is -2.41. The number of sulfonamides is 1. The van der Waals surface area contributed by atoms with Gasteiger partial charge in [-0.25, -0.2) is 8.42 Å². The van der Waals surface area contributed by atoms with E-state index in [0.717, 1.165) is 0 Å². The highest BCUT2D eigenvalue weighted by Crippen LogP contribution is 2.23. The molecule has 1 aromatic carbocycles. The highest BCUT2D eigenvalue weighted by Gasteiger charge is 2.28. The number of benzene rings is 1. The van der Waals surface area contributed by atoms with E-state index >= 15 is 0 Å². The third-order valence-corrected chi connectivity index (χ3v) is 5.71. The summed E-state index contributed by atoms with van der Waals surface area (Å²) < 4.78 is 32.4. The summed E-state index contributed by atoms with van der Waals surface area (Å²) in [5, 5.41) is 2.65. The van der Waals surface area contributed by atoms with Crippen LogP contribution in [-0.2, 0) is 21.2 Å². The molecule has 1 aromatic rings. The Bertz CT molecular complexity index is 655. The number of ether oxygens (including phenoxy) is 1. The summed E-state index contributed by atoms with van der Waals surface area (Å²) in [6, 6.07) is 4.79. The number of aryl methyl sites for hydroxylation is 1. The van der Waals surface area contributed by atoms with Gasteiger partial charge < -0.3 is 15.8 Å². The van der Waals surface area contributed by atoms with Gasteiger partial charge in [-0.05, 0) is 24.1 Å². The molecule has 8 heteroatoms. The Hall–Kier alpha value is -1.48. The van der Waals surface area contributed by atoms with Crippen LogP contribution in [-0.4, -0.2) is 58.0 Å². The molecule has 1 amide bonds. The van der Waals surface area contributed by atoms with Crippen LogP contribution in [0.25, 0.3) is 0 Å². The molecule has 0 unspecified atom stereocenters. The first-order chi connectivity index (χ1) is 11.0. The van der Waals surface area contributed by atoms with Crippen LogP contribution in [0, 0.1) is 0 Å². The lowest BCUT2D eigenvalue weighted by Gasteiger charge is -2.27. The molecular formula is C15H23N3O4S.